The first-order chi connectivity index (χ1) is 7.79. The van der Waals surface area contributed by atoms with Gasteiger partial charge in [-0.2, -0.15) is 5.26 Å². The molecule has 5 heteroatoms. The van der Waals surface area contributed by atoms with Crippen LogP contribution in [0.4, 0.5) is 11.5 Å². The molecule has 0 unspecified atom stereocenters. The second kappa shape index (κ2) is 4.36. The van der Waals surface area contributed by atoms with Crippen LogP contribution in [0.5, 0.6) is 0 Å². The van der Waals surface area contributed by atoms with Gasteiger partial charge >= 0.3 is 0 Å². The van der Waals surface area contributed by atoms with Crippen LogP contribution in [0.1, 0.15) is 11.3 Å². The first kappa shape index (κ1) is 10.1. The van der Waals surface area contributed by atoms with Gasteiger partial charge in [0.25, 0.3) is 0 Å². The topological polar surface area (TPSA) is 87.9 Å². The van der Waals surface area contributed by atoms with Gasteiger partial charge in [0.1, 0.15) is 11.9 Å². The first-order valence-electron chi connectivity index (χ1n) is 4.71. The Kier molecular flexibility index (Phi) is 2.74. The summed E-state index contributed by atoms with van der Waals surface area (Å²) < 4.78 is 4.93. The summed E-state index contributed by atoms with van der Waals surface area (Å²) in [5.74, 6) is 0.618. The van der Waals surface area contributed by atoms with E-state index >= 15 is 0 Å². The van der Waals surface area contributed by atoms with Crippen LogP contribution in [0.3, 0.4) is 0 Å². The average Bonchev–Trinajstić information content (AvgIpc) is 2.81. The van der Waals surface area contributed by atoms with Gasteiger partial charge in [0, 0.05) is 12.1 Å². The molecule has 0 bridgehead atoms. The van der Waals surface area contributed by atoms with E-state index in [2.05, 4.69) is 10.3 Å². The molecule has 2 rings (SSSR count). The number of hydrogen-bond donors (Lipinski definition) is 2. The highest BCUT2D eigenvalue weighted by atomic mass is 16.3. The van der Waals surface area contributed by atoms with Crippen LogP contribution < -0.4 is 11.1 Å². The molecule has 2 heterocycles. The molecule has 0 aliphatic rings. The molecule has 3 N–H and O–H groups in total. The van der Waals surface area contributed by atoms with E-state index in [1.54, 1.807) is 24.7 Å². The molecule has 0 saturated heterocycles. The maximum atomic E-state index is 8.76. The maximum absolute atomic E-state index is 8.76. The third-order valence-electron chi connectivity index (χ3n) is 2.09. The van der Waals surface area contributed by atoms with Crippen LogP contribution in [0, 0.1) is 11.3 Å². The first-order valence-corrected chi connectivity index (χ1v) is 4.71. The lowest BCUT2D eigenvalue weighted by molar-refractivity contribution is 0.564. The zero-order valence-electron chi connectivity index (χ0n) is 8.47. The van der Waals surface area contributed by atoms with Crippen molar-refractivity contribution in [3.63, 3.8) is 0 Å². The predicted octanol–water partition coefficient (Wildman–Crippen LogP) is 1.74. The highest BCUT2D eigenvalue weighted by Crippen LogP contribution is 2.13. The van der Waals surface area contributed by atoms with E-state index in [1.165, 1.54) is 0 Å². The van der Waals surface area contributed by atoms with Crippen molar-refractivity contribution in [1.29, 1.82) is 5.26 Å². The number of hydrogen-bond acceptors (Lipinski definition) is 5. The average molecular weight is 214 g/mol. The molecule has 5 nitrogen and oxygen atoms in total. The van der Waals surface area contributed by atoms with Crippen molar-refractivity contribution in [2.24, 2.45) is 0 Å². The van der Waals surface area contributed by atoms with E-state index in [0.717, 1.165) is 5.56 Å². The van der Waals surface area contributed by atoms with Gasteiger partial charge in [0.2, 0.25) is 0 Å². The molecular formula is C11H10N4O. The van der Waals surface area contributed by atoms with Gasteiger partial charge in [-0.15, -0.1) is 0 Å². The number of nitrogens with zero attached hydrogens (tertiary/aromatic N) is 2. The Labute approximate surface area is 92.5 Å². The van der Waals surface area contributed by atoms with Crippen LogP contribution in [-0.2, 0) is 6.54 Å². The van der Waals surface area contributed by atoms with Crippen LogP contribution in [-0.4, -0.2) is 4.98 Å². The van der Waals surface area contributed by atoms with E-state index in [1.807, 2.05) is 12.1 Å². The van der Waals surface area contributed by atoms with Gasteiger partial charge in [-0.3, -0.25) is 0 Å². The Morgan fingerprint density at radius 2 is 2.31 bits per heavy atom. The number of nitrogens with two attached hydrogens (primary N) is 1. The summed E-state index contributed by atoms with van der Waals surface area (Å²) in [6.07, 6.45) is 3.25. The largest absolute Gasteiger partial charge is 0.472 e. The third kappa shape index (κ3) is 2.12. The smallest absolute Gasteiger partial charge is 0.165 e. The van der Waals surface area contributed by atoms with E-state index in [4.69, 9.17) is 15.4 Å². The van der Waals surface area contributed by atoms with Gasteiger partial charge in [-0.1, -0.05) is 0 Å². The molecule has 2 aromatic rings. The number of anilines is 2. The predicted molar refractivity (Wildman–Crippen MR) is 59.4 cm³/mol. The summed E-state index contributed by atoms with van der Waals surface area (Å²) >= 11 is 0. The number of pyridine rings is 1. The van der Waals surface area contributed by atoms with Crippen molar-refractivity contribution in [2.45, 2.75) is 6.54 Å². The Balaban J connectivity index is 2.08. The van der Waals surface area contributed by atoms with E-state index in [0.29, 0.717) is 18.1 Å². The maximum Gasteiger partial charge on any atom is 0.165 e. The Hall–Kier alpha value is -2.48. The molecule has 0 aliphatic carbocycles. The minimum atomic E-state index is 0.234. The number of nitrogens with one attached hydrogen (secondary N) is 1. The Morgan fingerprint density at radius 3 is 3.00 bits per heavy atom. The standard InChI is InChI=1S/C11H10N4O/c12-5-10-9(13)1-2-11(15-10)14-6-8-3-4-16-7-8/h1-4,7H,6,13H2,(H,14,15). The van der Waals surface area contributed by atoms with Gasteiger partial charge in [-0.25, -0.2) is 4.98 Å². The van der Waals surface area contributed by atoms with Crippen LogP contribution in [0.15, 0.2) is 35.1 Å². The number of aromatic nitrogens is 1. The van der Waals surface area contributed by atoms with Gasteiger partial charge in [0.15, 0.2) is 5.69 Å². The fraction of sp³-hybridized carbons (Fsp3) is 0.0909. The monoisotopic (exact) mass is 214 g/mol. The van der Waals surface area contributed by atoms with Gasteiger partial charge < -0.3 is 15.5 Å². The third-order valence-corrected chi connectivity index (χ3v) is 2.09. The minimum absolute atomic E-state index is 0.234. The molecule has 0 aliphatic heterocycles. The molecule has 0 spiro atoms. The minimum Gasteiger partial charge on any atom is -0.472 e. The summed E-state index contributed by atoms with van der Waals surface area (Å²) in [5, 5.41) is 11.8. The molecular weight excluding hydrogens is 204 g/mol. The van der Waals surface area contributed by atoms with Crippen molar-refractivity contribution in [1.82, 2.24) is 4.98 Å². The lowest BCUT2D eigenvalue weighted by atomic mass is 10.3. The number of rotatable bonds is 3. The van der Waals surface area contributed by atoms with Gasteiger partial charge in [0.05, 0.1) is 18.2 Å². The fourth-order valence-corrected chi connectivity index (χ4v) is 1.24. The van der Waals surface area contributed by atoms with Crippen LogP contribution in [0.25, 0.3) is 0 Å². The normalized spacial score (nSPS) is 9.69. The summed E-state index contributed by atoms with van der Waals surface area (Å²) in [5.41, 5.74) is 7.19. The molecule has 80 valence electrons. The molecule has 0 aromatic carbocycles. The summed E-state index contributed by atoms with van der Waals surface area (Å²) in [6, 6.07) is 7.18. The Morgan fingerprint density at radius 1 is 1.44 bits per heavy atom. The summed E-state index contributed by atoms with van der Waals surface area (Å²) in [7, 11) is 0. The zero-order chi connectivity index (χ0) is 11.4. The quantitative estimate of drug-likeness (QED) is 0.812. The SMILES string of the molecule is N#Cc1nc(NCc2ccoc2)ccc1N. The van der Waals surface area contributed by atoms with Crippen LogP contribution in [0.2, 0.25) is 0 Å². The van der Waals surface area contributed by atoms with E-state index < -0.39 is 0 Å². The summed E-state index contributed by atoms with van der Waals surface area (Å²) in [6.45, 7) is 0.596. The van der Waals surface area contributed by atoms with E-state index in [-0.39, 0.29) is 5.69 Å². The lowest BCUT2D eigenvalue weighted by Crippen LogP contribution is -2.02. The molecule has 0 fully saturated rings. The summed E-state index contributed by atoms with van der Waals surface area (Å²) in [4.78, 5) is 4.06. The zero-order valence-corrected chi connectivity index (χ0v) is 8.47. The molecule has 0 amide bonds. The number of nitrogen functional groups attached to an aromatic ring is 1. The molecule has 0 radical (unpaired) electrons. The second-order valence-electron chi connectivity index (χ2n) is 3.23. The molecule has 16 heavy (non-hydrogen) atoms. The fourth-order valence-electron chi connectivity index (χ4n) is 1.24. The Bertz CT molecular complexity index is 513. The van der Waals surface area contributed by atoms with Crippen molar-refractivity contribution >= 4 is 11.5 Å². The van der Waals surface area contributed by atoms with Crippen LogP contribution >= 0.6 is 0 Å². The van der Waals surface area contributed by atoms with Crippen molar-refractivity contribution in [3.05, 3.63) is 42.0 Å². The van der Waals surface area contributed by atoms with E-state index in [9.17, 15) is 0 Å². The number of furan rings is 1. The number of nitriles is 1. The molecule has 0 saturated carbocycles. The molecule has 2 aromatic heterocycles. The van der Waals surface area contributed by atoms with Crippen molar-refractivity contribution < 1.29 is 4.42 Å². The van der Waals surface area contributed by atoms with Crippen molar-refractivity contribution in [2.75, 3.05) is 11.1 Å². The van der Waals surface area contributed by atoms with Crippen molar-refractivity contribution in [3.8, 4) is 6.07 Å². The second-order valence-corrected chi connectivity index (χ2v) is 3.23. The lowest BCUT2D eigenvalue weighted by Gasteiger charge is -2.04. The van der Waals surface area contributed by atoms with Gasteiger partial charge in [-0.05, 0) is 18.2 Å². The molecule has 0 atom stereocenters. The highest BCUT2D eigenvalue weighted by Gasteiger charge is 2.02. The highest BCUT2D eigenvalue weighted by molar-refractivity contribution is 5.54.